The van der Waals surface area contributed by atoms with E-state index in [4.69, 9.17) is 0 Å². The van der Waals surface area contributed by atoms with Crippen LogP contribution in [-0.2, 0) is 22.4 Å². The number of nitrogens with zero attached hydrogens (tertiary/aromatic N) is 8. The lowest BCUT2D eigenvalue weighted by atomic mass is 9.56. The highest BCUT2D eigenvalue weighted by Gasteiger charge is 2.46. The summed E-state index contributed by atoms with van der Waals surface area (Å²) in [5.74, 6) is -0.194. The van der Waals surface area contributed by atoms with Crippen LogP contribution >= 0.6 is 0 Å². The zero-order valence-electron chi connectivity index (χ0n) is 60.9. The number of amides is 2. The van der Waals surface area contributed by atoms with Gasteiger partial charge in [0, 0.05) is 82.5 Å². The number of Topliss-reactive ketones (excluding diaryl/α,β-unsaturated/α-hetero) is 2. The first-order valence-electron chi connectivity index (χ1n) is 36.1. The Morgan fingerprint density at radius 2 is 1.06 bits per heavy atom. The predicted octanol–water partition coefficient (Wildman–Crippen LogP) is 18.9. The smallest absolute Gasteiger partial charge is 0.251 e. The number of aryl methyl sites for hydroxylation is 1. The molecule has 8 aromatic heterocycles. The Kier molecular flexibility index (Phi) is 25.1. The number of aromatic nitrogens is 10. The molecule has 3 aliphatic rings. The Hall–Kier alpha value is -11.3. The summed E-state index contributed by atoms with van der Waals surface area (Å²) < 4.78 is 56.2. The summed E-state index contributed by atoms with van der Waals surface area (Å²) in [6.45, 7) is 15.5. The van der Waals surface area contributed by atoms with Crippen molar-refractivity contribution >= 4 is 45.4 Å². The number of benzene rings is 4. The summed E-state index contributed by atoms with van der Waals surface area (Å²) in [5.41, 5.74) is 11.7. The second kappa shape index (κ2) is 35.0. The first-order valence-corrected chi connectivity index (χ1v) is 36.1. The van der Waals surface area contributed by atoms with E-state index in [9.17, 15) is 36.7 Å². The number of hydrogen-bond acceptors (Lipinski definition) is 12. The van der Waals surface area contributed by atoms with Gasteiger partial charge in [-0.1, -0.05) is 125 Å². The monoisotopic (exact) mass is 1430 g/mol. The van der Waals surface area contributed by atoms with Crippen LogP contribution in [-0.4, -0.2) is 73.2 Å². The molecule has 4 N–H and O–H groups in total. The third kappa shape index (κ3) is 19.4. The molecular weight excluding hydrogens is 1340 g/mol. The Bertz CT molecular complexity index is 4970. The van der Waals surface area contributed by atoms with Crippen LogP contribution in [0.4, 0.5) is 17.6 Å². The average molecular weight is 1430 g/mol. The normalized spacial score (nSPS) is 16.0. The summed E-state index contributed by atoms with van der Waals surface area (Å²) in [4.78, 5) is 88.2. The largest absolute Gasteiger partial charge is 0.346 e. The fourth-order valence-electron chi connectivity index (χ4n) is 14.3. The summed E-state index contributed by atoms with van der Waals surface area (Å²) in [5, 5.41) is 7.33. The number of rotatable bonds is 20. The standard InChI is InChI=1S/C24H26N2O.C22H22F2N4O.C20H22F2N4O.C20H18N2O/c1-3-4-8-23(22-7-5-6-18(2)17-22)26-24(27)21-11-9-19(10-12-21)20-13-15-25-16-14-20;1-11(29)20-13-4-2-12(3-5-13)15(20)7-19-18(24)10-27-22(28-19)17-9-26-21-16(17)6-14(23)8-25-21;1-11(27)5-12(20(2,3)4)6-17-16(22)10-25-19(26-17)15-9-24-18-14(15)7-13(21)8-23-18;1-15(16-5-3-2-4-6-16)22-20(23)19-9-7-17(8-10-19)18-11-13-21-14-12-18/h5-7,9-17,23H,3-4,8H2,1-2H3,(H,26,27);6,8-10,12-13,15,20H,2-5,7H2,1H3,(H,25,26);7-10,12H,5-6H2,1-4H3,(H,23,24);2-15H,1H3,(H,22,23)/t23-;12?,13?,15?,20-;12-;15-/m1001/s1. The Morgan fingerprint density at radius 1 is 0.566 bits per heavy atom. The molecule has 12 aromatic rings. The molecule has 4 aromatic carbocycles. The molecule has 0 saturated heterocycles. The summed E-state index contributed by atoms with van der Waals surface area (Å²) in [7, 11) is 0. The molecule has 0 radical (unpaired) electrons. The van der Waals surface area contributed by atoms with Crippen molar-refractivity contribution in [1.82, 2.24) is 60.5 Å². The van der Waals surface area contributed by atoms with Crippen molar-refractivity contribution in [3.8, 4) is 45.0 Å². The van der Waals surface area contributed by atoms with Crippen molar-refractivity contribution < 1.29 is 36.7 Å². The molecule has 106 heavy (non-hydrogen) atoms. The van der Waals surface area contributed by atoms with Gasteiger partial charge in [0.1, 0.15) is 34.5 Å². The number of unbranched alkanes of at least 4 members (excludes halogenated alkanes) is 1. The molecule has 3 aliphatic carbocycles. The molecule has 0 spiro atoms. The highest BCUT2D eigenvalue weighted by atomic mass is 19.1. The Balaban J connectivity index is 0.000000142. The number of aromatic amines is 2. The van der Waals surface area contributed by atoms with Gasteiger partial charge in [0.25, 0.3) is 11.8 Å². The minimum Gasteiger partial charge on any atom is -0.346 e. The molecule has 16 nitrogen and oxygen atoms in total. The topological polar surface area (TPSA) is 227 Å². The molecule has 2 amide bonds. The number of fused-ring (bicyclic) bond motifs is 5. The van der Waals surface area contributed by atoms with E-state index in [2.05, 4.69) is 98.6 Å². The Morgan fingerprint density at radius 3 is 1.56 bits per heavy atom. The predicted molar refractivity (Wildman–Crippen MR) is 405 cm³/mol. The number of carbonyl (C=O) groups excluding carboxylic acids is 4. The quantitative estimate of drug-likeness (QED) is 0.0523. The first kappa shape index (κ1) is 75.9. The van der Waals surface area contributed by atoms with Crippen molar-refractivity contribution in [2.75, 3.05) is 0 Å². The van der Waals surface area contributed by atoms with Gasteiger partial charge in [-0.25, -0.2) is 47.5 Å². The van der Waals surface area contributed by atoms with Crippen LogP contribution in [0.15, 0.2) is 201 Å². The maximum atomic E-state index is 14.6. The third-order valence-corrected chi connectivity index (χ3v) is 20.2. The average Bonchev–Trinajstić information content (AvgIpc) is 0.910. The number of ketones is 2. The zero-order valence-corrected chi connectivity index (χ0v) is 60.9. The maximum Gasteiger partial charge on any atom is 0.251 e. The number of carbonyl (C=O) groups is 4. The fraction of sp³-hybridized carbons (Fsp3) is 0.302. The minimum atomic E-state index is -0.513. The summed E-state index contributed by atoms with van der Waals surface area (Å²) in [6.07, 6.45) is 23.6. The molecule has 15 rings (SSSR count). The molecule has 8 heterocycles. The fourth-order valence-corrected chi connectivity index (χ4v) is 14.3. The van der Waals surface area contributed by atoms with E-state index in [0.29, 0.717) is 92.8 Å². The van der Waals surface area contributed by atoms with Gasteiger partial charge >= 0.3 is 0 Å². The van der Waals surface area contributed by atoms with Crippen LogP contribution in [0.25, 0.3) is 67.1 Å². The lowest BCUT2D eigenvalue weighted by Gasteiger charge is -2.47. The van der Waals surface area contributed by atoms with Gasteiger partial charge in [-0.15, -0.1) is 0 Å². The molecule has 2 bridgehead atoms. The van der Waals surface area contributed by atoms with E-state index in [-0.39, 0.29) is 64.3 Å². The number of pyridine rings is 4. The number of nitrogens with one attached hydrogen (secondary N) is 4. The van der Waals surface area contributed by atoms with Gasteiger partial charge in [-0.05, 0) is 196 Å². The minimum absolute atomic E-state index is 0.00769. The van der Waals surface area contributed by atoms with E-state index in [1.165, 1.54) is 36.4 Å². The van der Waals surface area contributed by atoms with Crippen LogP contribution in [0.1, 0.15) is 161 Å². The van der Waals surface area contributed by atoms with Gasteiger partial charge in [0.05, 0.1) is 48.3 Å². The van der Waals surface area contributed by atoms with Crippen molar-refractivity contribution in [1.29, 1.82) is 0 Å². The van der Waals surface area contributed by atoms with E-state index in [1.807, 2.05) is 131 Å². The van der Waals surface area contributed by atoms with Gasteiger partial charge < -0.3 is 25.4 Å². The number of H-pyrrole nitrogens is 2. The second-order valence-electron chi connectivity index (χ2n) is 28.6. The molecule has 0 aliphatic heterocycles. The van der Waals surface area contributed by atoms with Gasteiger partial charge in [0.15, 0.2) is 23.3 Å². The van der Waals surface area contributed by atoms with E-state index in [0.717, 1.165) is 91.4 Å². The molecule has 544 valence electrons. The Labute approximate surface area is 615 Å². The van der Waals surface area contributed by atoms with Crippen LogP contribution < -0.4 is 10.6 Å². The van der Waals surface area contributed by atoms with Crippen LogP contribution in [0.5, 0.6) is 0 Å². The van der Waals surface area contributed by atoms with E-state index in [1.54, 1.807) is 44.1 Å². The highest BCUT2D eigenvalue weighted by Crippen LogP contribution is 2.50. The van der Waals surface area contributed by atoms with Crippen LogP contribution in [0.2, 0.25) is 0 Å². The third-order valence-electron chi connectivity index (χ3n) is 20.2. The SMILES string of the molecule is CC(=O)C[C@@H](Cc1nc(-c2c[nH]c3ncc(F)cc23)ncc1F)C(C)(C)C.CC(=O)[C@H]1C2CCC(CC2)C1Cc1nc(-c2c[nH]c3ncc(F)cc23)ncc1F.CCCC[C@@H](NC(=O)c1ccc(-c2ccncc2)cc1)c1cccc(C)c1.C[C@@H](NC(=O)c1ccc(-c2ccncc2)cc1)c1ccccc1. The van der Waals surface area contributed by atoms with Gasteiger partial charge in [-0.3, -0.25) is 24.4 Å². The molecular formula is C86H88F4N12O4. The second-order valence-corrected chi connectivity index (χ2v) is 28.6. The molecule has 20 heteroatoms. The van der Waals surface area contributed by atoms with Crippen LogP contribution in [0.3, 0.4) is 0 Å². The molecule has 1 unspecified atom stereocenters. The van der Waals surface area contributed by atoms with Crippen molar-refractivity contribution in [3.63, 3.8) is 0 Å². The van der Waals surface area contributed by atoms with E-state index < -0.39 is 23.3 Å². The maximum absolute atomic E-state index is 14.6. The molecule has 3 saturated carbocycles. The van der Waals surface area contributed by atoms with Crippen molar-refractivity contribution in [3.05, 3.63) is 264 Å². The highest BCUT2D eigenvalue weighted by molar-refractivity contribution is 5.96. The summed E-state index contributed by atoms with van der Waals surface area (Å²) >= 11 is 0. The van der Waals surface area contributed by atoms with E-state index >= 15 is 0 Å². The van der Waals surface area contributed by atoms with Crippen molar-refractivity contribution in [2.45, 2.75) is 132 Å². The zero-order chi connectivity index (χ0) is 75.0. The number of halogens is 4. The van der Waals surface area contributed by atoms with Crippen molar-refractivity contribution in [2.24, 2.45) is 35.0 Å². The number of hydrogen-bond donors (Lipinski definition) is 4. The summed E-state index contributed by atoms with van der Waals surface area (Å²) in [6, 6.07) is 44.2. The lowest BCUT2D eigenvalue weighted by molar-refractivity contribution is -0.130. The van der Waals surface area contributed by atoms with Crippen LogP contribution in [0, 0.1) is 65.2 Å². The molecule has 5 atom stereocenters. The van der Waals surface area contributed by atoms with Gasteiger partial charge in [0.2, 0.25) is 0 Å². The first-order chi connectivity index (χ1) is 51.1. The lowest BCUT2D eigenvalue weighted by Crippen LogP contribution is -2.44. The molecule has 3 fully saturated rings. The van der Waals surface area contributed by atoms with Gasteiger partial charge in [-0.2, -0.15) is 0 Å².